The predicted octanol–water partition coefficient (Wildman–Crippen LogP) is 3.59. The first-order valence-electron chi connectivity index (χ1n) is 6.10. The molecule has 0 aliphatic heterocycles. The Bertz CT molecular complexity index is 702. The van der Waals surface area contributed by atoms with Crippen LogP contribution < -0.4 is 10.9 Å². The van der Waals surface area contributed by atoms with E-state index in [1.54, 1.807) is 36.4 Å². The number of hydrazine groups is 1. The third-order valence-electron chi connectivity index (χ3n) is 2.75. The third-order valence-corrected chi connectivity index (χ3v) is 3.89. The number of halogens is 2. The van der Waals surface area contributed by atoms with Crippen molar-refractivity contribution < 1.29 is 9.59 Å². The van der Waals surface area contributed by atoms with Crippen LogP contribution in [0.2, 0.25) is 0 Å². The number of carbonyl (C=O) groups is 2. The minimum Gasteiger partial charge on any atom is -0.267 e. The molecule has 2 aromatic carbocycles. The molecule has 2 aromatic rings. The second-order valence-corrected chi connectivity index (χ2v) is 6.17. The summed E-state index contributed by atoms with van der Waals surface area (Å²) in [5.74, 6) is -0.754. The Morgan fingerprint density at radius 2 is 1.67 bits per heavy atom. The zero-order valence-electron chi connectivity index (χ0n) is 11.1. The molecule has 108 valence electrons. The van der Waals surface area contributed by atoms with E-state index in [4.69, 9.17) is 0 Å². The predicted molar refractivity (Wildman–Crippen MR) is 88.0 cm³/mol. The summed E-state index contributed by atoms with van der Waals surface area (Å²) in [6, 6.07) is 12.3. The standard InChI is InChI=1S/C15H12Br2N2O2/c1-9-3-2-4-10(7-9)14(20)18-19-15(21)12-6-5-11(16)8-13(12)17/h2-8H,1H3,(H,18,20)(H,19,21). The number of amides is 2. The molecular weight excluding hydrogens is 400 g/mol. The number of hydrogen-bond acceptors (Lipinski definition) is 2. The van der Waals surface area contributed by atoms with E-state index in [2.05, 4.69) is 42.7 Å². The molecule has 0 aliphatic rings. The molecule has 21 heavy (non-hydrogen) atoms. The van der Waals surface area contributed by atoms with Crippen molar-refractivity contribution >= 4 is 43.7 Å². The van der Waals surface area contributed by atoms with E-state index in [0.29, 0.717) is 15.6 Å². The van der Waals surface area contributed by atoms with Crippen LogP contribution >= 0.6 is 31.9 Å². The fourth-order valence-corrected chi connectivity index (χ4v) is 2.94. The molecule has 4 nitrogen and oxygen atoms in total. The van der Waals surface area contributed by atoms with Gasteiger partial charge in [-0.1, -0.05) is 33.6 Å². The summed E-state index contributed by atoms with van der Waals surface area (Å²) < 4.78 is 1.49. The molecule has 0 saturated carbocycles. The van der Waals surface area contributed by atoms with Crippen molar-refractivity contribution in [3.63, 3.8) is 0 Å². The molecule has 0 saturated heterocycles. The summed E-state index contributed by atoms with van der Waals surface area (Å²) >= 11 is 6.62. The molecule has 0 atom stereocenters. The number of rotatable bonds is 2. The van der Waals surface area contributed by atoms with E-state index in [-0.39, 0.29) is 5.91 Å². The Kier molecular flexibility index (Phi) is 5.14. The summed E-state index contributed by atoms with van der Waals surface area (Å²) in [6.07, 6.45) is 0. The van der Waals surface area contributed by atoms with E-state index < -0.39 is 5.91 Å². The summed E-state index contributed by atoms with van der Waals surface area (Å²) in [7, 11) is 0. The fourth-order valence-electron chi connectivity index (χ4n) is 1.71. The Morgan fingerprint density at radius 1 is 0.952 bits per heavy atom. The van der Waals surface area contributed by atoms with Crippen molar-refractivity contribution in [2.45, 2.75) is 6.92 Å². The number of aryl methyl sites for hydroxylation is 1. The second kappa shape index (κ2) is 6.87. The van der Waals surface area contributed by atoms with Gasteiger partial charge in [0.25, 0.3) is 11.8 Å². The van der Waals surface area contributed by atoms with Gasteiger partial charge in [0, 0.05) is 14.5 Å². The average Bonchev–Trinajstić information content (AvgIpc) is 2.44. The maximum Gasteiger partial charge on any atom is 0.270 e. The van der Waals surface area contributed by atoms with Crippen molar-refractivity contribution in [1.29, 1.82) is 0 Å². The quantitative estimate of drug-likeness (QED) is 0.741. The topological polar surface area (TPSA) is 58.2 Å². The van der Waals surface area contributed by atoms with Crippen LogP contribution in [0.4, 0.5) is 0 Å². The smallest absolute Gasteiger partial charge is 0.267 e. The van der Waals surface area contributed by atoms with Crippen LogP contribution in [0.25, 0.3) is 0 Å². The highest BCUT2D eigenvalue weighted by atomic mass is 79.9. The van der Waals surface area contributed by atoms with E-state index in [0.717, 1.165) is 10.0 Å². The van der Waals surface area contributed by atoms with Crippen LogP contribution in [0.1, 0.15) is 26.3 Å². The number of hydrogen-bond donors (Lipinski definition) is 2. The zero-order chi connectivity index (χ0) is 15.4. The van der Waals surface area contributed by atoms with Crippen LogP contribution in [0, 0.1) is 6.92 Å². The van der Waals surface area contributed by atoms with Crippen LogP contribution in [0.5, 0.6) is 0 Å². The first-order valence-corrected chi connectivity index (χ1v) is 7.68. The van der Waals surface area contributed by atoms with E-state index in [1.807, 2.05) is 13.0 Å². The molecule has 0 aliphatic carbocycles. The first kappa shape index (κ1) is 15.7. The Balaban J connectivity index is 2.02. The first-order chi connectivity index (χ1) is 9.97. The molecule has 0 heterocycles. The van der Waals surface area contributed by atoms with Gasteiger partial charge in [-0.15, -0.1) is 0 Å². The highest BCUT2D eigenvalue weighted by Crippen LogP contribution is 2.21. The lowest BCUT2D eigenvalue weighted by Gasteiger charge is -2.09. The van der Waals surface area contributed by atoms with Gasteiger partial charge < -0.3 is 0 Å². The summed E-state index contributed by atoms with van der Waals surface area (Å²) in [4.78, 5) is 23.9. The van der Waals surface area contributed by atoms with Crippen molar-refractivity contribution in [1.82, 2.24) is 10.9 Å². The van der Waals surface area contributed by atoms with Crippen LogP contribution in [-0.2, 0) is 0 Å². The number of carbonyl (C=O) groups excluding carboxylic acids is 2. The lowest BCUT2D eigenvalue weighted by atomic mass is 10.1. The molecule has 6 heteroatoms. The summed E-state index contributed by atoms with van der Waals surface area (Å²) in [5, 5.41) is 0. The van der Waals surface area contributed by atoms with Crippen molar-refractivity contribution in [3.05, 3.63) is 68.1 Å². The van der Waals surface area contributed by atoms with E-state index in [9.17, 15) is 9.59 Å². The van der Waals surface area contributed by atoms with Gasteiger partial charge in [-0.05, 0) is 53.2 Å². The second-order valence-electron chi connectivity index (χ2n) is 4.40. The normalized spacial score (nSPS) is 10.0. The van der Waals surface area contributed by atoms with Crippen LogP contribution in [-0.4, -0.2) is 11.8 Å². The van der Waals surface area contributed by atoms with Gasteiger partial charge in [0.05, 0.1) is 5.56 Å². The number of benzene rings is 2. The van der Waals surface area contributed by atoms with Crippen molar-refractivity contribution in [3.8, 4) is 0 Å². The monoisotopic (exact) mass is 410 g/mol. The maximum absolute atomic E-state index is 12.0. The Morgan fingerprint density at radius 3 is 2.33 bits per heavy atom. The third kappa shape index (κ3) is 4.15. The Labute approximate surface area is 139 Å². The van der Waals surface area contributed by atoms with Crippen LogP contribution in [0.3, 0.4) is 0 Å². The van der Waals surface area contributed by atoms with E-state index >= 15 is 0 Å². The largest absolute Gasteiger partial charge is 0.270 e. The van der Waals surface area contributed by atoms with Gasteiger partial charge in [0.2, 0.25) is 0 Å². The molecule has 0 bridgehead atoms. The highest BCUT2D eigenvalue weighted by Gasteiger charge is 2.12. The molecule has 0 aromatic heterocycles. The van der Waals surface area contributed by atoms with Crippen molar-refractivity contribution in [2.75, 3.05) is 0 Å². The average molecular weight is 412 g/mol. The molecule has 0 spiro atoms. The van der Waals surface area contributed by atoms with E-state index in [1.165, 1.54) is 0 Å². The molecule has 2 amide bonds. The van der Waals surface area contributed by atoms with Gasteiger partial charge in [0.15, 0.2) is 0 Å². The van der Waals surface area contributed by atoms with Gasteiger partial charge in [-0.2, -0.15) is 0 Å². The zero-order valence-corrected chi connectivity index (χ0v) is 14.3. The molecule has 0 radical (unpaired) electrons. The lowest BCUT2D eigenvalue weighted by molar-refractivity contribution is 0.0846. The molecule has 0 fully saturated rings. The fraction of sp³-hybridized carbons (Fsp3) is 0.0667. The minimum atomic E-state index is -0.393. The van der Waals surface area contributed by atoms with Gasteiger partial charge >= 0.3 is 0 Å². The van der Waals surface area contributed by atoms with Crippen LogP contribution in [0.15, 0.2) is 51.4 Å². The highest BCUT2D eigenvalue weighted by molar-refractivity contribution is 9.11. The molecule has 2 N–H and O–H groups in total. The minimum absolute atomic E-state index is 0.361. The molecular formula is C15H12Br2N2O2. The lowest BCUT2D eigenvalue weighted by Crippen LogP contribution is -2.41. The SMILES string of the molecule is Cc1cccc(C(=O)NNC(=O)c2ccc(Br)cc2Br)c1. The van der Waals surface area contributed by atoms with Crippen molar-refractivity contribution in [2.24, 2.45) is 0 Å². The van der Waals surface area contributed by atoms with Gasteiger partial charge in [-0.25, -0.2) is 0 Å². The molecule has 0 unspecified atom stereocenters. The maximum atomic E-state index is 12.0. The van der Waals surface area contributed by atoms with Gasteiger partial charge in [-0.3, -0.25) is 20.4 Å². The summed E-state index contributed by atoms with van der Waals surface area (Å²) in [5.41, 5.74) is 6.69. The Hall–Kier alpha value is -1.66. The van der Waals surface area contributed by atoms with Gasteiger partial charge in [0.1, 0.15) is 0 Å². The number of nitrogens with one attached hydrogen (secondary N) is 2. The summed E-state index contributed by atoms with van der Waals surface area (Å²) in [6.45, 7) is 1.90. The molecule has 2 rings (SSSR count).